The van der Waals surface area contributed by atoms with Crippen LogP contribution in [-0.2, 0) is 6.54 Å². The summed E-state index contributed by atoms with van der Waals surface area (Å²) in [6.45, 7) is 0.732. The number of thioether (sulfide) groups is 1. The Bertz CT molecular complexity index is 922. The first-order valence-electron chi connectivity index (χ1n) is 6.66. The Balaban J connectivity index is 2.21. The van der Waals surface area contributed by atoms with Crippen LogP contribution in [0.1, 0.15) is 5.69 Å². The van der Waals surface area contributed by atoms with Crippen LogP contribution in [0, 0.1) is 0 Å². The second kappa shape index (κ2) is 4.53. The van der Waals surface area contributed by atoms with Gasteiger partial charge in [0.1, 0.15) is 0 Å². The van der Waals surface area contributed by atoms with E-state index in [1.807, 2.05) is 0 Å². The molecular formula is C17H14N2S. The molecule has 98 valence electrons. The zero-order chi connectivity index (χ0) is 13.5. The molecule has 20 heavy (non-hydrogen) atoms. The lowest BCUT2D eigenvalue weighted by molar-refractivity contribution is 0.941. The molecular weight excluding hydrogens is 264 g/mol. The van der Waals surface area contributed by atoms with Crippen LogP contribution < -0.4 is 10.6 Å². The third-order valence-corrected chi connectivity index (χ3v) is 4.52. The van der Waals surface area contributed by atoms with Gasteiger partial charge in [-0.2, -0.15) is 0 Å². The third-order valence-electron chi connectivity index (χ3n) is 3.73. The predicted molar refractivity (Wildman–Crippen MR) is 85.2 cm³/mol. The normalized spacial score (nSPS) is 13.6. The first kappa shape index (κ1) is 11.8. The van der Waals surface area contributed by atoms with E-state index in [0.717, 1.165) is 11.9 Å². The summed E-state index contributed by atoms with van der Waals surface area (Å²) in [5, 5.41) is 4.85. The van der Waals surface area contributed by atoms with Crippen molar-refractivity contribution < 1.29 is 0 Å². The van der Waals surface area contributed by atoms with Gasteiger partial charge in [-0.3, -0.25) is 4.99 Å². The fourth-order valence-electron chi connectivity index (χ4n) is 2.85. The summed E-state index contributed by atoms with van der Waals surface area (Å²) in [6.07, 6.45) is 2.13. The molecule has 3 aromatic rings. The summed E-state index contributed by atoms with van der Waals surface area (Å²) >= 11 is 1.78. The highest BCUT2D eigenvalue weighted by molar-refractivity contribution is 8.07. The Kier molecular flexibility index (Phi) is 2.67. The Morgan fingerprint density at radius 3 is 2.75 bits per heavy atom. The van der Waals surface area contributed by atoms with Crippen LogP contribution in [0.5, 0.6) is 0 Å². The van der Waals surface area contributed by atoms with Gasteiger partial charge in [-0.05, 0) is 24.5 Å². The van der Waals surface area contributed by atoms with Crippen LogP contribution in [0.2, 0.25) is 0 Å². The lowest BCUT2D eigenvalue weighted by atomic mass is 10.2. The molecule has 3 heteroatoms. The smallest absolute Gasteiger partial charge is 0.0889 e. The highest BCUT2D eigenvalue weighted by Crippen LogP contribution is 2.28. The highest BCUT2D eigenvalue weighted by Gasteiger charge is 2.14. The molecule has 0 aliphatic carbocycles. The van der Waals surface area contributed by atoms with Gasteiger partial charge in [-0.25, -0.2) is 0 Å². The molecule has 1 aromatic heterocycles. The van der Waals surface area contributed by atoms with Crippen LogP contribution in [-0.4, -0.2) is 10.8 Å². The minimum absolute atomic E-state index is 0.732. The molecule has 0 saturated heterocycles. The summed E-state index contributed by atoms with van der Waals surface area (Å²) < 4.78 is 2.36. The van der Waals surface area contributed by atoms with Crippen LogP contribution in [0.15, 0.2) is 59.6 Å². The van der Waals surface area contributed by atoms with Crippen molar-refractivity contribution in [3.8, 4) is 0 Å². The van der Waals surface area contributed by atoms with Crippen LogP contribution in [0.4, 0.5) is 0 Å². The average molecular weight is 278 g/mol. The Labute approximate surface area is 121 Å². The molecule has 0 amide bonds. The van der Waals surface area contributed by atoms with E-state index in [0.29, 0.717) is 0 Å². The van der Waals surface area contributed by atoms with Crippen molar-refractivity contribution in [2.75, 3.05) is 6.26 Å². The third kappa shape index (κ3) is 1.63. The fraction of sp³-hybridized carbons (Fsp3) is 0.118. The molecule has 0 fully saturated rings. The van der Waals surface area contributed by atoms with Gasteiger partial charge in [-0.15, -0.1) is 11.8 Å². The number of aromatic nitrogens is 1. The molecule has 2 heterocycles. The predicted octanol–water partition coefficient (Wildman–Crippen LogP) is 2.75. The van der Waals surface area contributed by atoms with Crippen molar-refractivity contribution in [2.24, 2.45) is 4.99 Å². The molecule has 0 atom stereocenters. The SMILES string of the molecule is CSC1=c2ccccc2=NCc2cc3ccccc3n21. The summed E-state index contributed by atoms with van der Waals surface area (Å²) in [5.74, 6) is 0. The van der Waals surface area contributed by atoms with Gasteiger partial charge >= 0.3 is 0 Å². The lowest BCUT2D eigenvalue weighted by Gasteiger charge is -2.10. The maximum atomic E-state index is 4.77. The molecule has 0 saturated carbocycles. The average Bonchev–Trinajstić information content (AvgIpc) is 2.78. The van der Waals surface area contributed by atoms with Crippen LogP contribution in [0.3, 0.4) is 0 Å². The van der Waals surface area contributed by atoms with Gasteiger partial charge in [0.25, 0.3) is 0 Å². The largest absolute Gasteiger partial charge is 0.306 e. The van der Waals surface area contributed by atoms with Crippen molar-refractivity contribution >= 4 is 27.7 Å². The zero-order valence-corrected chi connectivity index (χ0v) is 12.0. The topological polar surface area (TPSA) is 17.3 Å². The molecule has 2 aromatic carbocycles. The van der Waals surface area contributed by atoms with Crippen molar-refractivity contribution in [2.45, 2.75) is 6.54 Å². The zero-order valence-electron chi connectivity index (χ0n) is 11.2. The van der Waals surface area contributed by atoms with Crippen molar-refractivity contribution in [3.63, 3.8) is 0 Å². The summed E-state index contributed by atoms with van der Waals surface area (Å²) in [5.41, 5.74) is 2.52. The summed E-state index contributed by atoms with van der Waals surface area (Å²) in [4.78, 5) is 4.77. The van der Waals surface area contributed by atoms with Gasteiger partial charge in [0.2, 0.25) is 0 Å². The standard InChI is InChI=1S/C17H14N2S/c1-20-17-14-7-3-4-8-15(14)18-11-13-10-12-6-2-5-9-16(12)19(13)17/h2-10H,11H2,1H3. The Morgan fingerprint density at radius 1 is 1.05 bits per heavy atom. The van der Waals surface area contributed by atoms with Gasteiger partial charge in [0, 0.05) is 16.3 Å². The van der Waals surface area contributed by atoms with Crippen molar-refractivity contribution in [1.82, 2.24) is 4.57 Å². The van der Waals surface area contributed by atoms with Gasteiger partial charge < -0.3 is 4.57 Å². The number of hydrogen-bond donors (Lipinski definition) is 0. The Hall–Kier alpha value is -2.00. The van der Waals surface area contributed by atoms with Gasteiger partial charge in [0.05, 0.1) is 22.4 Å². The van der Waals surface area contributed by atoms with E-state index in [1.54, 1.807) is 11.8 Å². The van der Waals surface area contributed by atoms with E-state index in [2.05, 4.69) is 65.4 Å². The quantitative estimate of drug-likeness (QED) is 0.669. The maximum Gasteiger partial charge on any atom is 0.0889 e. The molecule has 1 aliphatic heterocycles. The molecule has 2 nitrogen and oxygen atoms in total. The summed E-state index contributed by atoms with van der Waals surface area (Å²) in [6, 6.07) is 19.2. The first-order valence-corrected chi connectivity index (χ1v) is 7.88. The monoisotopic (exact) mass is 278 g/mol. The minimum Gasteiger partial charge on any atom is -0.306 e. The number of benzene rings is 2. The van der Waals surface area contributed by atoms with Crippen molar-refractivity contribution in [1.29, 1.82) is 0 Å². The molecule has 0 unspecified atom stereocenters. The maximum absolute atomic E-state index is 4.77. The fourth-order valence-corrected chi connectivity index (χ4v) is 3.64. The minimum atomic E-state index is 0.732. The van der Waals surface area contributed by atoms with E-state index in [-0.39, 0.29) is 0 Å². The van der Waals surface area contributed by atoms with Crippen molar-refractivity contribution in [3.05, 3.63) is 70.9 Å². The molecule has 0 N–H and O–H groups in total. The van der Waals surface area contributed by atoms with Gasteiger partial charge in [0.15, 0.2) is 0 Å². The summed E-state index contributed by atoms with van der Waals surface area (Å²) in [7, 11) is 0. The van der Waals surface area contributed by atoms with Gasteiger partial charge in [-0.1, -0.05) is 36.4 Å². The second-order valence-electron chi connectivity index (χ2n) is 4.87. The number of hydrogen-bond acceptors (Lipinski definition) is 2. The Morgan fingerprint density at radius 2 is 1.85 bits per heavy atom. The van der Waals surface area contributed by atoms with E-state index in [9.17, 15) is 0 Å². The van der Waals surface area contributed by atoms with Crippen LogP contribution in [0.25, 0.3) is 15.9 Å². The highest BCUT2D eigenvalue weighted by atomic mass is 32.2. The number of para-hydroxylation sites is 2. The van der Waals surface area contributed by atoms with E-state index in [1.165, 1.54) is 26.8 Å². The molecule has 4 rings (SSSR count). The van der Waals surface area contributed by atoms with E-state index < -0.39 is 0 Å². The molecule has 0 spiro atoms. The number of fused-ring (bicyclic) bond motifs is 4. The van der Waals surface area contributed by atoms with E-state index in [4.69, 9.17) is 4.99 Å². The second-order valence-corrected chi connectivity index (χ2v) is 5.67. The lowest BCUT2D eigenvalue weighted by Crippen LogP contribution is -2.26. The molecule has 0 radical (unpaired) electrons. The number of nitrogens with zero attached hydrogens (tertiary/aromatic N) is 2. The number of rotatable bonds is 1. The van der Waals surface area contributed by atoms with E-state index >= 15 is 0 Å². The molecule has 0 bridgehead atoms. The van der Waals surface area contributed by atoms with Crippen LogP contribution >= 0.6 is 11.8 Å². The molecule has 1 aliphatic rings. The first-order chi connectivity index (χ1) is 9.88.